The number of amides is 1. The molecule has 0 radical (unpaired) electrons. The summed E-state index contributed by atoms with van der Waals surface area (Å²) in [6, 6.07) is 10.2. The molecule has 0 bridgehead atoms. The molecule has 0 spiro atoms. The van der Waals surface area contributed by atoms with Gasteiger partial charge in [-0.3, -0.25) is 9.48 Å². The van der Waals surface area contributed by atoms with Crippen LogP contribution in [-0.4, -0.2) is 41.9 Å². The van der Waals surface area contributed by atoms with Gasteiger partial charge in [-0.25, -0.2) is 0 Å². The SMILES string of the molecule is CNC(C(=O)NC1CCCN(c2ccccc2)C1)c1cnn(C)c1.Cl.Cl. The number of aryl methyl sites for hydroxylation is 1. The zero-order valence-electron chi connectivity index (χ0n) is 15.1. The molecular formula is C18H27Cl2N5O. The minimum absolute atomic E-state index is 0. The lowest BCUT2D eigenvalue weighted by Crippen LogP contribution is -2.50. The molecule has 1 aliphatic rings. The number of nitrogens with one attached hydrogen (secondary N) is 2. The first kappa shape index (κ1) is 22.3. The van der Waals surface area contributed by atoms with Crippen LogP contribution in [0.4, 0.5) is 5.69 Å². The lowest BCUT2D eigenvalue weighted by molar-refractivity contribution is -0.123. The molecule has 2 aromatic rings. The fourth-order valence-electron chi connectivity index (χ4n) is 3.29. The fraction of sp³-hybridized carbons (Fsp3) is 0.444. The number of rotatable bonds is 5. The van der Waals surface area contributed by atoms with E-state index < -0.39 is 0 Å². The Balaban J connectivity index is 0.00000169. The number of likely N-dealkylation sites (N-methyl/N-ethyl adjacent to an activating group) is 1. The van der Waals surface area contributed by atoms with Crippen LogP contribution in [0.5, 0.6) is 0 Å². The number of benzene rings is 1. The monoisotopic (exact) mass is 399 g/mol. The minimum atomic E-state index is -0.370. The molecular weight excluding hydrogens is 373 g/mol. The van der Waals surface area contributed by atoms with Gasteiger partial charge in [-0.05, 0) is 32.0 Å². The average Bonchev–Trinajstić information content (AvgIpc) is 3.02. The van der Waals surface area contributed by atoms with Gasteiger partial charge in [0.25, 0.3) is 0 Å². The Labute approximate surface area is 167 Å². The predicted molar refractivity (Wildman–Crippen MR) is 109 cm³/mol. The number of carbonyl (C=O) groups is 1. The largest absolute Gasteiger partial charge is 0.369 e. The van der Waals surface area contributed by atoms with Crippen molar-refractivity contribution in [1.82, 2.24) is 20.4 Å². The van der Waals surface area contributed by atoms with Gasteiger partial charge in [-0.15, -0.1) is 24.8 Å². The van der Waals surface area contributed by atoms with Gasteiger partial charge in [0.15, 0.2) is 0 Å². The van der Waals surface area contributed by atoms with Crippen LogP contribution in [-0.2, 0) is 11.8 Å². The molecule has 1 amide bonds. The van der Waals surface area contributed by atoms with Crippen molar-refractivity contribution in [1.29, 1.82) is 0 Å². The summed E-state index contributed by atoms with van der Waals surface area (Å²) < 4.78 is 1.71. The summed E-state index contributed by atoms with van der Waals surface area (Å²) in [6.07, 6.45) is 5.70. The standard InChI is InChI=1S/C18H25N5O.2ClH/c1-19-17(14-11-20-22(2)12-14)18(24)21-15-7-6-10-23(13-15)16-8-4-3-5-9-16;;/h3-5,8-9,11-12,15,17,19H,6-7,10,13H2,1-2H3,(H,21,24);2*1H. The van der Waals surface area contributed by atoms with Crippen molar-refractivity contribution in [3.63, 3.8) is 0 Å². The van der Waals surface area contributed by atoms with Gasteiger partial charge in [0.1, 0.15) is 6.04 Å². The molecule has 8 heteroatoms. The molecule has 2 N–H and O–H groups in total. The highest BCUT2D eigenvalue weighted by atomic mass is 35.5. The molecule has 0 aliphatic carbocycles. The quantitative estimate of drug-likeness (QED) is 0.809. The fourth-order valence-corrected chi connectivity index (χ4v) is 3.29. The van der Waals surface area contributed by atoms with Gasteiger partial charge in [-0.2, -0.15) is 5.10 Å². The third-order valence-corrected chi connectivity index (χ3v) is 4.50. The number of aromatic nitrogens is 2. The van der Waals surface area contributed by atoms with Gasteiger partial charge in [0.05, 0.1) is 6.20 Å². The van der Waals surface area contributed by atoms with Crippen molar-refractivity contribution in [2.24, 2.45) is 7.05 Å². The smallest absolute Gasteiger partial charge is 0.242 e. The van der Waals surface area contributed by atoms with Crippen molar-refractivity contribution in [2.75, 3.05) is 25.0 Å². The Bertz CT molecular complexity index is 679. The van der Waals surface area contributed by atoms with E-state index in [-0.39, 0.29) is 42.8 Å². The average molecular weight is 400 g/mol. The van der Waals surface area contributed by atoms with E-state index in [1.54, 1.807) is 17.9 Å². The van der Waals surface area contributed by atoms with E-state index in [0.29, 0.717) is 0 Å². The van der Waals surface area contributed by atoms with Crippen LogP contribution >= 0.6 is 24.8 Å². The van der Waals surface area contributed by atoms with Gasteiger partial charge >= 0.3 is 0 Å². The van der Waals surface area contributed by atoms with E-state index in [4.69, 9.17) is 0 Å². The number of piperidine rings is 1. The van der Waals surface area contributed by atoms with Crippen molar-refractivity contribution in [2.45, 2.75) is 24.9 Å². The number of carbonyl (C=O) groups excluding carboxylic acids is 1. The number of halogens is 2. The molecule has 2 unspecified atom stereocenters. The minimum Gasteiger partial charge on any atom is -0.369 e. The normalized spacial score (nSPS) is 17.6. The summed E-state index contributed by atoms with van der Waals surface area (Å²) in [5.41, 5.74) is 2.10. The van der Waals surface area contributed by atoms with E-state index >= 15 is 0 Å². The molecule has 3 rings (SSSR count). The molecule has 1 fully saturated rings. The molecule has 26 heavy (non-hydrogen) atoms. The van der Waals surface area contributed by atoms with Crippen molar-refractivity contribution < 1.29 is 4.79 Å². The first-order chi connectivity index (χ1) is 11.7. The predicted octanol–water partition coefficient (Wildman–Crippen LogP) is 2.31. The van der Waals surface area contributed by atoms with Gasteiger partial charge < -0.3 is 15.5 Å². The summed E-state index contributed by atoms with van der Waals surface area (Å²) in [7, 11) is 3.65. The zero-order valence-corrected chi connectivity index (χ0v) is 16.7. The first-order valence-corrected chi connectivity index (χ1v) is 8.43. The summed E-state index contributed by atoms with van der Waals surface area (Å²) >= 11 is 0. The maximum Gasteiger partial charge on any atom is 0.242 e. The summed E-state index contributed by atoms with van der Waals surface area (Å²) in [6.45, 7) is 1.88. The number of hydrogen-bond donors (Lipinski definition) is 2. The Morgan fingerprint density at radius 2 is 2.00 bits per heavy atom. The van der Waals surface area contributed by atoms with E-state index in [1.165, 1.54) is 5.69 Å². The highest BCUT2D eigenvalue weighted by Gasteiger charge is 2.26. The summed E-state index contributed by atoms with van der Waals surface area (Å²) in [5.74, 6) is 0.00501. The zero-order chi connectivity index (χ0) is 16.9. The van der Waals surface area contributed by atoms with Crippen LogP contribution in [0.2, 0.25) is 0 Å². The second-order valence-electron chi connectivity index (χ2n) is 6.30. The van der Waals surface area contributed by atoms with Crippen LogP contribution in [0, 0.1) is 0 Å². The van der Waals surface area contributed by atoms with Gasteiger partial charge in [0.2, 0.25) is 5.91 Å². The first-order valence-electron chi connectivity index (χ1n) is 8.43. The maximum absolute atomic E-state index is 12.7. The Morgan fingerprint density at radius 1 is 1.27 bits per heavy atom. The summed E-state index contributed by atoms with van der Waals surface area (Å²) in [4.78, 5) is 15.0. The molecule has 1 aromatic carbocycles. The molecule has 2 heterocycles. The number of para-hydroxylation sites is 1. The lowest BCUT2D eigenvalue weighted by Gasteiger charge is -2.35. The van der Waals surface area contributed by atoms with Gasteiger partial charge in [0, 0.05) is 43.6 Å². The number of hydrogen-bond acceptors (Lipinski definition) is 4. The summed E-state index contributed by atoms with van der Waals surface area (Å²) in [5, 5.41) is 10.4. The topological polar surface area (TPSA) is 62.2 Å². The van der Waals surface area contributed by atoms with Crippen LogP contribution < -0.4 is 15.5 Å². The van der Waals surface area contributed by atoms with Crippen LogP contribution in [0.25, 0.3) is 0 Å². The van der Waals surface area contributed by atoms with E-state index in [1.807, 2.05) is 19.3 Å². The van der Waals surface area contributed by atoms with Crippen molar-refractivity contribution in [3.8, 4) is 0 Å². The lowest BCUT2D eigenvalue weighted by atomic mass is 10.0. The Hall–Kier alpha value is -1.76. The molecule has 1 aromatic heterocycles. The third-order valence-electron chi connectivity index (χ3n) is 4.50. The Morgan fingerprint density at radius 3 is 2.62 bits per heavy atom. The molecule has 2 atom stereocenters. The Kier molecular flexibility index (Phi) is 8.92. The number of anilines is 1. The molecule has 144 valence electrons. The molecule has 1 aliphatic heterocycles. The van der Waals surface area contributed by atoms with Crippen LogP contribution in [0.15, 0.2) is 42.7 Å². The molecule has 1 saturated heterocycles. The molecule has 6 nitrogen and oxygen atoms in total. The van der Waals surface area contributed by atoms with E-state index in [0.717, 1.165) is 31.5 Å². The second kappa shape index (κ2) is 10.4. The highest BCUT2D eigenvalue weighted by Crippen LogP contribution is 2.20. The highest BCUT2D eigenvalue weighted by molar-refractivity contribution is 5.85. The van der Waals surface area contributed by atoms with Gasteiger partial charge in [-0.1, -0.05) is 18.2 Å². The van der Waals surface area contributed by atoms with Crippen molar-refractivity contribution >= 4 is 36.4 Å². The van der Waals surface area contributed by atoms with Crippen molar-refractivity contribution in [3.05, 3.63) is 48.3 Å². The second-order valence-corrected chi connectivity index (χ2v) is 6.30. The maximum atomic E-state index is 12.7. The van der Waals surface area contributed by atoms with Crippen LogP contribution in [0.3, 0.4) is 0 Å². The third kappa shape index (κ3) is 5.37. The number of nitrogens with zero attached hydrogens (tertiary/aromatic N) is 3. The van der Waals surface area contributed by atoms with Crippen LogP contribution in [0.1, 0.15) is 24.4 Å². The van der Waals surface area contributed by atoms with E-state index in [9.17, 15) is 4.79 Å². The van der Waals surface area contributed by atoms with E-state index in [2.05, 4.69) is 44.9 Å². The molecule has 0 saturated carbocycles.